The molecule has 4 nitrogen and oxygen atoms in total. The Kier molecular flexibility index (Phi) is 3.28. The van der Waals surface area contributed by atoms with Gasteiger partial charge in [-0.3, -0.25) is 9.36 Å². The molecule has 0 atom stereocenters. The van der Waals surface area contributed by atoms with E-state index >= 15 is 0 Å². The number of aromatic amines is 1. The summed E-state index contributed by atoms with van der Waals surface area (Å²) in [5, 5.41) is 0.518. The molecular weight excluding hydrogens is 320 g/mol. The highest BCUT2D eigenvalue weighted by Gasteiger charge is 2.07. The number of fused-ring (bicyclic) bond motifs is 1. The molecular formula is C15H11BrN2O2. The third kappa shape index (κ3) is 2.32. The normalized spacial score (nSPS) is 10.8. The molecule has 3 rings (SSSR count). The molecule has 20 heavy (non-hydrogen) atoms. The SMILES string of the molecule is O=c1[nH]c2ccccc2c(=O)n1Cc1ccc(Br)cc1. The van der Waals surface area contributed by atoms with Gasteiger partial charge in [0.1, 0.15) is 0 Å². The summed E-state index contributed by atoms with van der Waals surface area (Å²) in [7, 11) is 0. The average molecular weight is 331 g/mol. The summed E-state index contributed by atoms with van der Waals surface area (Å²) in [6.45, 7) is 0.256. The fourth-order valence-corrected chi connectivity index (χ4v) is 2.38. The molecule has 1 heterocycles. The zero-order valence-corrected chi connectivity index (χ0v) is 12.1. The van der Waals surface area contributed by atoms with E-state index in [0.717, 1.165) is 10.0 Å². The molecule has 0 saturated carbocycles. The first-order chi connectivity index (χ1) is 9.65. The molecule has 0 aliphatic rings. The van der Waals surface area contributed by atoms with Gasteiger partial charge < -0.3 is 4.98 Å². The Morgan fingerprint density at radius 2 is 1.70 bits per heavy atom. The van der Waals surface area contributed by atoms with E-state index in [0.29, 0.717) is 10.9 Å². The molecule has 0 fully saturated rings. The van der Waals surface area contributed by atoms with Crippen LogP contribution in [0.2, 0.25) is 0 Å². The molecule has 5 heteroatoms. The Hall–Kier alpha value is -2.14. The van der Waals surface area contributed by atoms with E-state index in [1.165, 1.54) is 4.57 Å². The van der Waals surface area contributed by atoms with Crippen LogP contribution in [0.3, 0.4) is 0 Å². The van der Waals surface area contributed by atoms with Crippen LogP contribution in [0.15, 0.2) is 62.6 Å². The van der Waals surface area contributed by atoms with E-state index < -0.39 is 5.69 Å². The van der Waals surface area contributed by atoms with Crippen LogP contribution in [0.5, 0.6) is 0 Å². The van der Waals surface area contributed by atoms with Crippen LogP contribution in [-0.4, -0.2) is 9.55 Å². The molecule has 1 aromatic heterocycles. The second kappa shape index (κ2) is 5.09. The van der Waals surface area contributed by atoms with E-state index in [1.807, 2.05) is 24.3 Å². The van der Waals surface area contributed by atoms with Gasteiger partial charge in [-0.1, -0.05) is 40.2 Å². The molecule has 3 aromatic rings. The fraction of sp³-hybridized carbons (Fsp3) is 0.0667. The lowest BCUT2D eigenvalue weighted by atomic mass is 10.2. The highest BCUT2D eigenvalue weighted by atomic mass is 79.9. The third-order valence-corrected chi connectivity index (χ3v) is 3.67. The van der Waals surface area contributed by atoms with Crippen LogP contribution in [0.25, 0.3) is 10.9 Å². The minimum absolute atomic E-state index is 0.256. The van der Waals surface area contributed by atoms with Crippen molar-refractivity contribution in [3.8, 4) is 0 Å². The van der Waals surface area contributed by atoms with E-state index in [1.54, 1.807) is 24.3 Å². The number of hydrogen-bond donors (Lipinski definition) is 1. The maximum Gasteiger partial charge on any atom is 0.329 e. The Balaban J connectivity index is 2.14. The molecule has 0 spiro atoms. The molecule has 2 aromatic carbocycles. The van der Waals surface area contributed by atoms with Gasteiger partial charge >= 0.3 is 5.69 Å². The molecule has 0 unspecified atom stereocenters. The van der Waals surface area contributed by atoms with E-state index in [-0.39, 0.29) is 12.1 Å². The lowest BCUT2D eigenvalue weighted by Gasteiger charge is -2.06. The Morgan fingerprint density at radius 3 is 2.45 bits per heavy atom. The quantitative estimate of drug-likeness (QED) is 0.784. The van der Waals surface area contributed by atoms with Gasteiger partial charge in [-0.05, 0) is 29.8 Å². The molecule has 0 amide bonds. The van der Waals surface area contributed by atoms with Gasteiger partial charge in [0, 0.05) is 4.47 Å². The summed E-state index contributed by atoms with van der Waals surface area (Å²) >= 11 is 3.36. The number of halogens is 1. The smallest absolute Gasteiger partial charge is 0.307 e. The van der Waals surface area contributed by atoms with E-state index in [9.17, 15) is 9.59 Å². The predicted molar refractivity (Wildman–Crippen MR) is 82.1 cm³/mol. The van der Waals surface area contributed by atoms with Crippen molar-refractivity contribution in [2.24, 2.45) is 0 Å². The van der Waals surface area contributed by atoms with Crippen LogP contribution >= 0.6 is 15.9 Å². The van der Waals surface area contributed by atoms with E-state index in [2.05, 4.69) is 20.9 Å². The average Bonchev–Trinajstić information content (AvgIpc) is 2.45. The number of H-pyrrole nitrogens is 1. The van der Waals surface area contributed by atoms with E-state index in [4.69, 9.17) is 0 Å². The maximum atomic E-state index is 12.4. The first-order valence-corrected chi connectivity index (χ1v) is 6.91. The summed E-state index contributed by atoms with van der Waals surface area (Å²) in [6, 6.07) is 14.5. The van der Waals surface area contributed by atoms with Gasteiger partial charge in [0.05, 0.1) is 17.4 Å². The van der Waals surface area contributed by atoms with Crippen molar-refractivity contribution in [3.05, 3.63) is 79.4 Å². The zero-order chi connectivity index (χ0) is 14.1. The number of benzene rings is 2. The third-order valence-electron chi connectivity index (χ3n) is 3.14. The van der Waals surface area contributed by atoms with Crippen molar-refractivity contribution < 1.29 is 0 Å². The minimum Gasteiger partial charge on any atom is -0.307 e. The van der Waals surface area contributed by atoms with Gasteiger partial charge in [0.2, 0.25) is 0 Å². The molecule has 0 aliphatic heterocycles. The van der Waals surface area contributed by atoms with Crippen LogP contribution in [0.4, 0.5) is 0 Å². The Morgan fingerprint density at radius 1 is 1.00 bits per heavy atom. The van der Waals surface area contributed by atoms with Crippen LogP contribution < -0.4 is 11.2 Å². The van der Waals surface area contributed by atoms with Gasteiger partial charge in [0.15, 0.2) is 0 Å². The van der Waals surface area contributed by atoms with Crippen molar-refractivity contribution in [2.75, 3.05) is 0 Å². The van der Waals surface area contributed by atoms with Crippen LogP contribution in [-0.2, 0) is 6.54 Å². The number of aromatic nitrogens is 2. The number of nitrogens with one attached hydrogen (secondary N) is 1. The Labute approximate surface area is 122 Å². The second-order valence-corrected chi connectivity index (χ2v) is 5.41. The lowest BCUT2D eigenvalue weighted by molar-refractivity contribution is 0.711. The van der Waals surface area contributed by atoms with Crippen molar-refractivity contribution in [3.63, 3.8) is 0 Å². The number of para-hydroxylation sites is 1. The molecule has 0 saturated heterocycles. The Bertz CT molecular complexity index is 879. The van der Waals surface area contributed by atoms with Crippen molar-refractivity contribution >= 4 is 26.8 Å². The first-order valence-electron chi connectivity index (χ1n) is 6.11. The highest BCUT2D eigenvalue weighted by molar-refractivity contribution is 9.10. The van der Waals surface area contributed by atoms with Crippen LogP contribution in [0, 0.1) is 0 Å². The fourth-order valence-electron chi connectivity index (χ4n) is 2.11. The topological polar surface area (TPSA) is 54.9 Å². The zero-order valence-electron chi connectivity index (χ0n) is 10.5. The van der Waals surface area contributed by atoms with Crippen molar-refractivity contribution in [1.82, 2.24) is 9.55 Å². The number of rotatable bonds is 2. The minimum atomic E-state index is -0.392. The number of hydrogen-bond acceptors (Lipinski definition) is 2. The van der Waals surface area contributed by atoms with Crippen molar-refractivity contribution in [1.29, 1.82) is 0 Å². The summed E-state index contributed by atoms with van der Waals surface area (Å²) in [5.41, 5.74) is 0.800. The first kappa shape index (κ1) is 12.9. The van der Waals surface area contributed by atoms with Gasteiger partial charge in [0.25, 0.3) is 5.56 Å². The highest BCUT2D eigenvalue weighted by Crippen LogP contribution is 2.11. The predicted octanol–water partition coefficient (Wildman–Crippen LogP) is 2.50. The maximum absolute atomic E-state index is 12.4. The van der Waals surface area contributed by atoms with Gasteiger partial charge in [-0.15, -0.1) is 0 Å². The molecule has 1 N–H and O–H groups in total. The monoisotopic (exact) mass is 330 g/mol. The summed E-state index contributed by atoms with van der Waals surface area (Å²) in [6.07, 6.45) is 0. The summed E-state index contributed by atoms with van der Waals surface area (Å²) in [4.78, 5) is 27.1. The molecule has 0 aliphatic carbocycles. The summed E-state index contributed by atoms with van der Waals surface area (Å²) < 4.78 is 2.17. The standard InChI is InChI=1S/C15H11BrN2O2/c16-11-7-5-10(6-8-11)9-18-14(19)12-3-1-2-4-13(12)17-15(18)20/h1-8H,9H2,(H,17,20). The van der Waals surface area contributed by atoms with Gasteiger partial charge in [-0.25, -0.2) is 4.79 Å². The molecule has 0 bridgehead atoms. The van der Waals surface area contributed by atoms with Crippen LogP contribution in [0.1, 0.15) is 5.56 Å². The number of nitrogens with zero attached hydrogens (tertiary/aromatic N) is 1. The molecule has 100 valence electrons. The second-order valence-electron chi connectivity index (χ2n) is 4.49. The van der Waals surface area contributed by atoms with Crippen molar-refractivity contribution in [2.45, 2.75) is 6.54 Å². The van der Waals surface area contributed by atoms with Gasteiger partial charge in [-0.2, -0.15) is 0 Å². The molecule has 0 radical (unpaired) electrons. The lowest BCUT2D eigenvalue weighted by Crippen LogP contribution is -2.35. The summed E-state index contributed by atoms with van der Waals surface area (Å²) in [5.74, 6) is 0. The largest absolute Gasteiger partial charge is 0.329 e.